The van der Waals surface area contributed by atoms with Gasteiger partial charge in [-0.15, -0.1) is 0 Å². The Labute approximate surface area is 142 Å². The number of piperidine rings is 1. The van der Waals surface area contributed by atoms with Crippen LogP contribution in [-0.4, -0.2) is 41.3 Å². The molecule has 2 fully saturated rings. The summed E-state index contributed by atoms with van der Waals surface area (Å²) >= 11 is 0. The van der Waals surface area contributed by atoms with E-state index >= 15 is 0 Å². The van der Waals surface area contributed by atoms with Gasteiger partial charge in [-0.25, -0.2) is 0 Å². The van der Waals surface area contributed by atoms with Crippen LogP contribution in [0.3, 0.4) is 0 Å². The summed E-state index contributed by atoms with van der Waals surface area (Å²) in [6.45, 7) is 4.25. The molecule has 4 heterocycles. The van der Waals surface area contributed by atoms with E-state index in [-0.39, 0.29) is 11.7 Å². The van der Waals surface area contributed by atoms with Crippen LogP contribution in [-0.2, 0) is 22.6 Å². The van der Waals surface area contributed by atoms with E-state index in [9.17, 15) is 0 Å². The summed E-state index contributed by atoms with van der Waals surface area (Å²) in [5.74, 6) is 1.02. The molecule has 0 saturated carbocycles. The van der Waals surface area contributed by atoms with Gasteiger partial charge in [-0.2, -0.15) is 0 Å². The summed E-state index contributed by atoms with van der Waals surface area (Å²) < 4.78 is 17.8. The Morgan fingerprint density at radius 3 is 3.04 bits per heavy atom. The average Bonchev–Trinajstić information content (AvgIpc) is 3.25. The molecule has 5 heteroatoms. The molecule has 0 amide bonds. The number of likely N-dealkylation sites (tertiary alicyclic amines) is 1. The van der Waals surface area contributed by atoms with Gasteiger partial charge in [0.15, 0.2) is 0 Å². The van der Waals surface area contributed by atoms with Crippen LogP contribution in [0.2, 0.25) is 0 Å². The van der Waals surface area contributed by atoms with E-state index < -0.39 is 0 Å². The predicted molar refractivity (Wildman–Crippen MR) is 89.3 cm³/mol. The average molecular weight is 328 g/mol. The minimum absolute atomic E-state index is 0.0479. The number of pyridine rings is 1. The van der Waals surface area contributed by atoms with E-state index in [0.717, 1.165) is 50.2 Å². The Kier molecular flexibility index (Phi) is 4.65. The van der Waals surface area contributed by atoms with Crippen LogP contribution in [0.25, 0.3) is 0 Å². The van der Waals surface area contributed by atoms with E-state index in [1.165, 1.54) is 0 Å². The lowest BCUT2D eigenvalue weighted by Gasteiger charge is -2.39. The lowest BCUT2D eigenvalue weighted by Crippen LogP contribution is -2.47. The molecule has 2 aromatic rings. The highest BCUT2D eigenvalue weighted by molar-refractivity contribution is 5.08. The molecule has 0 bridgehead atoms. The third-order valence-electron chi connectivity index (χ3n) is 4.99. The van der Waals surface area contributed by atoms with E-state index in [1.54, 1.807) is 18.7 Å². The SMILES string of the molecule is c1coc(CN2CCC[C@]3(C[C@@H](OCc4ccncc4)CO3)C2)c1. The van der Waals surface area contributed by atoms with Crippen molar-refractivity contribution < 1.29 is 13.9 Å². The van der Waals surface area contributed by atoms with Gasteiger partial charge in [0.25, 0.3) is 0 Å². The standard InChI is InChI=1S/C19H24N2O3/c1-3-17(22-10-1)12-21-9-2-6-19(15-21)11-18(14-24-19)23-13-16-4-7-20-8-5-16/h1,3-5,7-8,10,18H,2,6,9,11-15H2/t18-,19+/m1/s1. The summed E-state index contributed by atoms with van der Waals surface area (Å²) in [5.41, 5.74) is 1.11. The third kappa shape index (κ3) is 3.69. The topological polar surface area (TPSA) is 47.7 Å². The van der Waals surface area contributed by atoms with Gasteiger partial charge in [-0.1, -0.05) is 0 Å². The molecule has 2 atom stereocenters. The first-order chi connectivity index (χ1) is 11.8. The van der Waals surface area contributed by atoms with Crippen molar-refractivity contribution in [1.82, 2.24) is 9.88 Å². The van der Waals surface area contributed by atoms with Crippen molar-refractivity contribution in [2.24, 2.45) is 0 Å². The van der Waals surface area contributed by atoms with Gasteiger partial charge in [0, 0.05) is 25.4 Å². The van der Waals surface area contributed by atoms with Crippen molar-refractivity contribution in [1.29, 1.82) is 0 Å². The normalized spacial score (nSPS) is 27.8. The zero-order valence-electron chi connectivity index (χ0n) is 13.9. The summed E-state index contributed by atoms with van der Waals surface area (Å²) in [6.07, 6.45) is 8.80. The molecular formula is C19H24N2O3. The molecule has 0 N–H and O–H groups in total. The molecule has 2 aliphatic heterocycles. The first-order valence-electron chi connectivity index (χ1n) is 8.71. The van der Waals surface area contributed by atoms with E-state index in [0.29, 0.717) is 13.2 Å². The van der Waals surface area contributed by atoms with Crippen LogP contribution in [0.4, 0.5) is 0 Å². The molecule has 0 aliphatic carbocycles. The first-order valence-corrected chi connectivity index (χ1v) is 8.71. The third-order valence-corrected chi connectivity index (χ3v) is 4.99. The Morgan fingerprint density at radius 2 is 2.21 bits per heavy atom. The second-order valence-electron chi connectivity index (χ2n) is 6.88. The molecule has 2 aromatic heterocycles. The predicted octanol–water partition coefficient (Wildman–Crippen LogP) is 3.01. The lowest BCUT2D eigenvalue weighted by molar-refractivity contribution is -0.0559. The second-order valence-corrected chi connectivity index (χ2v) is 6.88. The fourth-order valence-electron chi connectivity index (χ4n) is 3.84. The van der Waals surface area contributed by atoms with Gasteiger partial charge in [0.05, 0.1) is 37.7 Å². The maximum atomic E-state index is 6.22. The molecule has 128 valence electrons. The zero-order chi connectivity index (χ0) is 16.2. The molecule has 24 heavy (non-hydrogen) atoms. The molecule has 1 spiro atoms. The number of aromatic nitrogens is 1. The highest BCUT2D eigenvalue weighted by Crippen LogP contribution is 2.36. The van der Waals surface area contributed by atoms with Gasteiger partial charge >= 0.3 is 0 Å². The summed E-state index contributed by atoms with van der Waals surface area (Å²) in [6, 6.07) is 7.98. The summed E-state index contributed by atoms with van der Waals surface area (Å²) in [7, 11) is 0. The van der Waals surface area contributed by atoms with Crippen LogP contribution in [0.1, 0.15) is 30.6 Å². The molecule has 0 unspecified atom stereocenters. The Balaban J connectivity index is 1.31. The first kappa shape index (κ1) is 15.8. The van der Waals surface area contributed by atoms with Crippen LogP contribution in [0.5, 0.6) is 0 Å². The van der Waals surface area contributed by atoms with Gasteiger partial charge in [-0.3, -0.25) is 9.88 Å². The zero-order valence-corrected chi connectivity index (χ0v) is 13.9. The van der Waals surface area contributed by atoms with Gasteiger partial charge in [-0.05, 0) is 49.2 Å². The maximum Gasteiger partial charge on any atom is 0.117 e. The number of nitrogens with zero attached hydrogens (tertiary/aromatic N) is 2. The van der Waals surface area contributed by atoms with Crippen molar-refractivity contribution in [3.63, 3.8) is 0 Å². The molecule has 0 radical (unpaired) electrons. The number of rotatable bonds is 5. The molecule has 4 rings (SSSR count). The van der Waals surface area contributed by atoms with Crippen molar-refractivity contribution in [2.75, 3.05) is 19.7 Å². The Morgan fingerprint density at radius 1 is 1.29 bits per heavy atom. The van der Waals surface area contributed by atoms with Crippen molar-refractivity contribution in [3.8, 4) is 0 Å². The molecule has 5 nitrogen and oxygen atoms in total. The fourth-order valence-corrected chi connectivity index (χ4v) is 3.84. The van der Waals surface area contributed by atoms with E-state index in [1.807, 2.05) is 24.3 Å². The Hall–Kier alpha value is -1.69. The maximum absolute atomic E-state index is 6.22. The molecule has 2 saturated heterocycles. The summed E-state index contributed by atoms with van der Waals surface area (Å²) in [4.78, 5) is 6.48. The minimum Gasteiger partial charge on any atom is -0.468 e. The van der Waals surface area contributed by atoms with Crippen molar-refractivity contribution in [3.05, 3.63) is 54.2 Å². The van der Waals surface area contributed by atoms with Crippen molar-refractivity contribution in [2.45, 2.75) is 44.1 Å². The number of furan rings is 1. The lowest BCUT2D eigenvalue weighted by atomic mass is 9.89. The van der Waals surface area contributed by atoms with E-state index in [2.05, 4.69) is 9.88 Å². The molecule has 2 aliphatic rings. The van der Waals surface area contributed by atoms with Crippen LogP contribution < -0.4 is 0 Å². The van der Waals surface area contributed by atoms with Crippen LogP contribution >= 0.6 is 0 Å². The largest absolute Gasteiger partial charge is 0.468 e. The van der Waals surface area contributed by atoms with Gasteiger partial charge in [0.2, 0.25) is 0 Å². The smallest absolute Gasteiger partial charge is 0.117 e. The highest BCUT2D eigenvalue weighted by atomic mass is 16.6. The quantitative estimate of drug-likeness (QED) is 0.844. The van der Waals surface area contributed by atoms with Gasteiger partial charge in [0.1, 0.15) is 5.76 Å². The van der Waals surface area contributed by atoms with Crippen molar-refractivity contribution >= 4 is 0 Å². The Bertz CT molecular complexity index is 631. The number of ether oxygens (including phenoxy) is 2. The minimum atomic E-state index is -0.0479. The van der Waals surface area contributed by atoms with Crippen LogP contribution in [0.15, 0.2) is 47.3 Å². The number of hydrogen-bond acceptors (Lipinski definition) is 5. The van der Waals surface area contributed by atoms with E-state index in [4.69, 9.17) is 13.9 Å². The highest BCUT2D eigenvalue weighted by Gasteiger charge is 2.43. The molecular weight excluding hydrogens is 304 g/mol. The summed E-state index contributed by atoms with van der Waals surface area (Å²) in [5, 5.41) is 0. The van der Waals surface area contributed by atoms with Crippen LogP contribution in [0, 0.1) is 0 Å². The molecule has 0 aromatic carbocycles. The second kappa shape index (κ2) is 7.05. The van der Waals surface area contributed by atoms with Gasteiger partial charge < -0.3 is 13.9 Å². The fraction of sp³-hybridized carbons (Fsp3) is 0.526. The number of hydrogen-bond donors (Lipinski definition) is 0. The monoisotopic (exact) mass is 328 g/mol.